The lowest BCUT2D eigenvalue weighted by molar-refractivity contribution is 0.0770. The predicted octanol–water partition coefficient (Wildman–Crippen LogP) is 3.41. The van der Waals surface area contributed by atoms with E-state index in [9.17, 15) is 4.79 Å². The van der Waals surface area contributed by atoms with Crippen LogP contribution >= 0.6 is 11.3 Å². The number of nitrogens with two attached hydrogens (primary N) is 1. The molecule has 1 aliphatic rings. The summed E-state index contributed by atoms with van der Waals surface area (Å²) in [5.74, 6) is -0.0188. The lowest BCUT2D eigenvalue weighted by Crippen LogP contribution is -2.34. The zero-order valence-electron chi connectivity index (χ0n) is 14.8. The molecule has 4 rings (SSSR count). The van der Waals surface area contributed by atoms with Crippen LogP contribution in [0.3, 0.4) is 0 Å². The van der Waals surface area contributed by atoms with E-state index < -0.39 is 0 Å². The molecule has 6 heteroatoms. The summed E-state index contributed by atoms with van der Waals surface area (Å²) in [7, 11) is 0. The van der Waals surface area contributed by atoms with Gasteiger partial charge in [0.15, 0.2) is 5.69 Å². The summed E-state index contributed by atoms with van der Waals surface area (Å²) in [6.07, 6.45) is 0.937. The van der Waals surface area contributed by atoms with Gasteiger partial charge in [-0.15, -0.1) is 11.3 Å². The van der Waals surface area contributed by atoms with Gasteiger partial charge < -0.3 is 10.6 Å². The van der Waals surface area contributed by atoms with E-state index in [1.54, 1.807) is 11.3 Å². The molecule has 3 heterocycles. The number of thiophene rings is 1. The second-order valence-corrected chi connectivity index (χ2v) is 8.08. The summed E-state index contributed by atoms with van der Waals surface area (Å²) in [6, 6.07) is 15.9. The molecule has 0 aliphatic carbocycles. The van der Waals surface area contributed by atoms with Gasteiger partial charge in [-0.3, -0.25) is 4.79 Å². The van der Waals surface area contributed by atoms with Crippen LogP contribution in [0.2, 0.25) is 0 Å². The lowest BCUT2D eigenvalue weighted by Gasteiger charge is -2.22. The topological polar surface area (TPSA) is 64.2 Å². The van der Waals surface area contributed by atoms with Crippen molar-refractivity contribution in [1.82, 2.24) is 14.7 Å². The molecule has 5 nitrogen and oxygen atoms in total. The van der Waals surface area contributed by atoms with Gasteiger partial charge >= 0.3 is 0 Å². The van der Waals surface area contributed by atoms with Crippen LogP contribution in [0.1, 0.15) is 23.8 Å². The van der Waals surface area contributed by atoms with E-state index in [0.717, 1.165) is 29.2 Å². The molecule has 2 N–H and O–H groups in total. The van der Waals surface area contributed by atoms with E-state index in [4.69, 9.17) is 5.73 Å². The first-order valence-corrected chi connectivity index (χ1v) is 9.66. The number of aromatic nitrogens is 2. The second-order valence-electron chi connectivity index (χ2n) is 7.13. The summed E-state index contributed by atoms with van der Waals surface area (Å²) >= 11 is 1.64. The molecule has 1 fully saturated rings. The molecule has 1 aromatic carbocycles. The van der Waals surface area contributed by atoms with Crippen LogP contribution in [-0.4, -0.2) is 40.2 Å². The van der Waals surface area contributed by atoms with Crippen molar-refractivity contribution in [1.29, 1.82) is 0 Å². The van der Waals surface area contributed by atoms with E-state index in [-0.39, 0.29) is 11.3 Å². The molecule has 26 heavy (non-hydrogen) atoms. The summed E-state index contributed by atoms with van der Waals surface area (Å²) < 4.78 is 1.86. The van der Waals surface area contributed by atoms with Crippen LogP contribution < -0.4 is 5.73 Å². The molecular weight excluding hydrogens is 344 g/mol. The van der Waals surface area contributed by atoms with Crippen LogP contribution in [0.4, 0.5) is 0 Å². The van der Waals surface area contributed by atoms with Crippen LogP contribution in [0.15, 0.2) is 53.9 Å². The molecular formula is C20H22N4OS. The second kappa shape index (κ2) is 6.70. The van der Waals surface area contributed by atoms with Crippen LogP contribution in [0.25, 0.3) is 16.3 Å². The fourth-order valence-electron chi connectivity index (χ4n) is 3.38. The van der Waals surface area contributed by atoms with Gasteiger partial charge in [-0.2, -0.15) is 5.10 Å². The Morgan fingerprint density at radius 2 is 2.08 bits per heavy atom. The van der Waals surface area contributed by atoms with Crippen molar-refractivity contribution >= 4 is 17.2 Å². The third-order valence-electron chi connectivity index (χ3n) is 5.04. The molecule has 2 aromatic heterocycles. The van der Waals surface area contributed by atoms with E-state index >= 15 is 0 Å². The first kappa shape index (κ1) is 17.0. The fourth-order valence-corrected chi connectivity index (χ4v) is 4.10. The predicted molar refractivity (Wildman–Crippen MR) is 105 cm³/mol. The highest BCUT2D eigenvalue weighted by Crippen LogP contribution is 2.31. The van der Waals surface area contributed by atoms with E-state index in [2.05, 4.69) is 18.1 Å². The molecule has 1 atom stereocenters. The minimum absolute atomic E-state index is 0.00817. The van der Waals surface area contributed by atoms with E-state index in [1.807, 2.05) is 57.4 Å². The number of rotatable bonds is 4. The molecule has 1 unspecified atom stereocenters. The smallest absolute Gasteiger partial charge is 0.274 e. The number of hydrogen-bond donors (Lipinski definition) is 1. The number of amides is 1. The molecule has 1 amide bonds. The zero-order valence-corrected chi connectivity index (χ0v) is 15.6. The Balaban J connectivity index is 1.71. The highest BCUT2D eigenvalue weighted by molar-refractivity contribution is 7.13. The molecule has 134 valence electrons. The highest BCUT2D eigenvalue weighted by atomic mass is 32.1. The van der Waals surface area contributed by atoms with E-state index in [0.29, 0.717) is 18.8 Å². The van der Waals surface area contributed by atoms with Crippen LogP contribution in [0, 0.1) is 5.41 Å². The Labute approximate surface area is 157 Å². The van der Waals surface area contributed by atoms with Gasteiger partial charge in [-0.1, -0.05) is 31.2 Å². The molecule has 1 aliphatic heterocycles. The maximum Gasteiger partial charge on any atom is 0.274 e. The average molecular weight is 366 g/mol. The number of carbonyl (C=O) groups is 1. The van der Waals surface area contributed by atoms with Crippen LogP contribution in [0.5, 0.6) is 0 Å². The minimum atomic E-state index is -0.0188. The average Bonchev–Trinajstić information content (AvgIpc) is 3.41. The summed E-state index contributed by atoms with van der Waals surface area (Å²) in [6.45, 7) is 4.16. The monoisotopic (exact) mass is 366 g/mol. The normalized spacial score (nSPS) is 19.8. The third kappa shape index (κ3) is 3.06. The van der Waals surface area contributed by atoms with Crippen molar-refractivity contribution in [2.45, 2.75) is 13.3 Å². The van der Waals surface area contributed by atoms with Crippen molar-refractivity contribution in [2.75, 3.05) is 19.6 Å². The lowest BCUT2D eigenvalue weighted by atomic mass is 9.90. The number of likely N-dealkylation sites (tertiary alicyclic amines) is 1. The standard InChI is InChI=1S/C20H22N4OS/c1-20(13-21)9-10-23(14-20)19(25)16-12-17(18-8-5-11-26-18)24(22-16)15-6-3-2-4-7-15/h2-8,11-12H,9-10,13-14,21H2,1H3. The fraction of sp³-hybridized carbons (Fsp3) is 0.300. The number of hydrogen-bond acceptors (Lipinski definition) is 4. The summed E-state index contributed by atoms with van der Waals surface area (Å²) in [5, 5.41) is 6.69. The van der Waals surface area contributed by atoms with Gasteiger partial charge in [0.1, 0.15) is 0 Å². The summed E-state index contributed by atoms with van der Waals surface area (Å²) in [5.41, 5.74) is 8.26. The van der Waals surface area contributed by atoms with Gasteiger partial charge in [0.25, 0.3) is 5.91 Å². The largest absolute Gasteiger partial charge is 0.337 e. The summed E-state index contributed by atoms with van der Waals surface area (Å²) in [4.78, 5) is 16.0. The Hall–Kier alpha value is -2.44. The van der Waals surface area contributed by atoms with Gasteiger partial charge in [0.05, 0.1) is 16.3 Å². The van der Waals surface area contributed by atoms with Gasteiger partial charge in [0.2, 0.25) is 0 Å². The Morgan fingerprint density at radius 1 is 1.27 bits per heavy atom. The Bertz CT molecular complexity index is 903. The number of benzene rings is 1. The first-order valence-electron chi connectivity index (χ1n) is 8.78. The molecule has 0 radical (unpaired) electrons. The van der Waals surface area contributed by atoms with Crippen molar-refractivity contribution < 1.29 is 4.79 Å². The Kier molecular flexibility index (Phi) is 4.38. The molecule has 0 saturated carbocycles. The SMILES string of the molecule is CC1(CN)CCN(C(=O)c2cc(-c3cccs3)n(-c3ccccc3)n2)C1. The molecule has 0 spiro atoms. The van der Waals surface area contributed by atoms with Gasteiger partial charge in [-0.05, 0) is 48.0 Å². The quantitative estimate of drug-likeness (QED) is 0.769. The van der Waals surface area contributed by atoms with Crippen molar-refractivity contribution in [3.05, 3.63) is 59.6 Å². The Morgan fingerprint density at radius 3 is 2.73 bits per heavy atom. The van der Waals surface area contributed by atoms with Crippen LogP contribution in [-0.2, 0) is 0 Å². The van der Waals surface area contributed by atoms with Crippen molar-refractivity contribution in [2.24, 2.45) is 11.1 Å². The van der Waals surface area contributed by atoms with Crippen molar-refractivity contribution in [3.63, 3.8) is 0 Å². The van der Waals surface area contributed by atoms with Gasteiger partial charge in [0, 0.05) is 13.1 Å². The minimum Gasteiger partial charge on any atom is -0.337 e. The molecule has 3 aromatic rings. The number of para-hydroxylation sites is 1. The maximum atomic E-state index is 13.0. The third-order valence-corrected chi connectivity index (χ3v) is 5.93. The maximum absolute atomic E-state index is 13.0. The zero-order chi connectivity index (χ0) is 18.1. The first-order chi connectivity index (χ1) is 12.6. The highest BCUT2D eigenvalue weighted by Gasteiger charge is 2.36. The molecule has 1 saturated heterocycles. The van der Waals surface area contributed by atoms with Gasteiger partial charge in [-0.25, -0.2) is 4.68 Å². The van der Waals surface area contributed by atoms with Crippen molar-refractivity contribution in [3.8, 4) is 16.3 Å². The van der Waals surface area contributed by atoms with E-state index in [1.165, 1.54) is 0 Å². The molecule has 0 bridgehead atoms. The number of carbonyl (C=O) groups excluding carboxylic acids is 1. The number of nitrogens with zero attached hydrogens (tertiary/aromatic N) is 3.